The monoisotopic (exact) mass is 367 g/mol. The molecule has 0 aliphatic carbocycles. The van der Waals surface area contributed by atoms with Gasteiger partial charge in [-0.15, -0.1) is 24.8 Å². The lowest BCUT2D eigenvalue weighted by atomic mass is 9.89. The average Bonchev–Trinajstić information content (AvgIpc) is 2.78. The number of ether oxygens (including phenoxy) is 1. The highest BCUT2D eigenvalue weighted by Crippen LogP contribution is 2.32. The van der Waals surface area contributed by atoms with Crippen molar-refractivity contribution >= 4 is 30.7 Å². The summed E-state index contributed by atoms with van der Waals surface area (Å²) < 4.78 is 5.35. The van der Waals surface area contributed by atoms with Crippen molar-refractivity contribution in [2.24, 2.45) is 5.92 Å². The van der Waals surface area contributed by atoms with Crippen LogP contribution in [0.2, 0.25) is 0 Å². The van der Waals surface area contributed by atoms with E-state index in [1.165, 1.54) is 25.7 Å². The molecule has 7 heteroatoms. The first-order chi connectivity index (χ1) is 10.2. The molecule has 0 aromatic heterocycles. The summed E-state index contributed by atoms with van der Waals surface area (Å²) in [7, 11) is 0. The molecular formula is C16H31Cl2N3O2. The molecule has 136 valence electrons. The molecule has 5 nitrogen and oxygen atoms in total. The summed E-state index contributed by atoms with van der Waals surface area (Å²) in [4.78, 5) is 14.6. The van der Waals surface area contributed by atoms with Crippen molar-refractivity contribution in [3.8, 4) is 0 Å². The van der Waals surface area contributed by atoms with Gasteiger partial charge in [0.1, 0.15) is 0 Å². The number of nitrogens with zero attached hydrogens (tertiary/aromatic N) is 1. The molecule has 0 aromatic rings. The van der Waals surface area contributed by atoms with Gasteiger partial charge >= 0.3 is 0 Å². The third-order valence-electron chi connectivity index (χ3n) is 5.09. The van der Waals surface area contributed by atoms with E-state index < -0.39 is 0 Å². The molecule has 3 aliphatic heterocycles. The molecule has 2 bridgehead atoms. The Bertz CT molecular complexity index is 355. The van der Waals surface area contributed by atoms with Gasteiger partial charge in [0.05, 0.1) is 13.2 Å². The molecule has 3 rings (SSSR count). The first kappa shape index (κ1) is 21.0. The normalized spacial score (nSPS) is 31.6. The maximum Gasteiger partial charge on any atom is 0.220 e. The van der Waals surface area contributed by atoms with Crippen molar-refractivity contribution in [3.63, 3.8) is 0 Å². The molecule has 2 N–H and O–H groups in total. The van der Waals surface area contributed by atoms with Crippen LogP contribution in [0.1, 0.15) is 39.0 Å². The van der Waals surface area contributed by atoms with E-state index in [2.05, 4.69) is 22.5 Å². The van der Waals surface area contributed by atoms with E-state index >= 15 is 0 Å². The third kappa shape index (κ3) is 6.39. The Morgan fingerprint density at radius 2 is 1.83 bits per heavy atom. The molecule has 0 radical (unpaired) electrons. The first-order valence-corrected chi connectivity index (χ1v) is 8.54. The predicted molar refractivity (Wildman–Crippen MR) is 96.6 cm³/mol. The molecule has 3 heterocycles. The largest absolute Gasteiger partial charge is 0.379 e. The minimum absolute atomic E-state index is 0. The predicted octanol–water partition coefficient (Wildman–Crippen LogP) is 1.59. The minimum Gasteiger partial charge on any atom is -0.379 e. The number of carbonyl (C=O) groups is 1. The van der Waals surface area contributed by atoms with E-state index in [4.69, 9.17) is 4.74 Å². The Morgan fingerprint density at radius 1 is 1.22 bits per heavy atom. The van der Waals surface area contributed by atoms with Gasteiger partial charge in [0.25, 0.3) is 0 Å². The second kappa shape index (κ2) is 10.0. The minimum atomic E-state index is 0. The molecule has 0 aromatic carbocycles. The van der Waals surface area contributed by atoms with Crippen molar-refractivity contribution in [2.75, 3.05) is 32.8 Å². The molecule has 23 heavy (non-hydrogen) atoms. The van der Waals surface area contributed by atoms with E-state index in [1.54, 1.807) is 0 Å². The first-order valence-electron chi connectivity index (χ1n) is 8.54. The Hall–Kier alpha value is -0.0700. The fourth-order valence-corrected chi connectivity index (χ4v) is 4.15. The molecule has 3 atom stereocenters. The van der Waals surface area contributed by atoms with Crippen LogP contribution in [0.15, 0.2) is 0 Å². The summed E-state index contributed by atoms with van der Waals surface area (Å²) >= 11 is 0. The number of halogens is 2. The number of fused-ring (bicyclic) bond motifs is 2. The highest BCUT2D eigenvalue weighted by Gasteiger charge is 2.34. The smallest absolute Gasteiger partial charge is 0.220 e. The summed E-state index contributed by atoms with van der Waals surface area (Å²) in [5, 5.41) is 6.82. The molecule has 3 fully saturated rings. The average molecular weight is 368 g/mol. The third-order valence-corrected chi connectivity index (χ3v) is 5.09. The van der Waals surface area contributed by atoms with Crippen LogP contribution in [0.4, 0.5) is 0 Å². The Kier molecular flexibility index (Phi) is 9.16. The van der Waals surface area contributed by atoms with E-state index in [0.717, 1.165) is 32.8 Å². The number of morpholine rings is 1. The molecule has 1 amide bonds. The second-order valence-electron chi connectivity index (χ2n) is 7.06. The summed E-state index contributed by atoms with van der Waals surface area (Å²) in [6.45, 7) is 6.65. The van der Waals surface area contributed by atoms with Gasteiger partial charge in [0, 0.05) is 44.2 Å². The SMILES string of the molecule is CC(CN1CCOCC1)NC(=O)CC1CC2CCC(C1)N2.Cl.Cl. The van der Waals surface area contributed by atoms with Crippen LogP contribution < -0.4 is 10.6 Å². The highest BCUT2D eigenvalue weighted by atomic mass is 35.5. The van der Waals surface area contributed by atoms with Crippen LogP contribution in [0.25, 0.3) is 0 Å². The summed E-state index contributed by atoms with van der Waals surface area (Å²) in [5.74, 6) is 0.821. The summed E-state index contributed by atoms with van der Waals surface area (Å²) in [5.41, 5.74) is 0. The maximum atomic E-state index is 12.2. The van der Waals surface area contributed by atoms with Crippen molar-refractivity contribution in [3.05, 3.63) is 0 Å². The maximum absolute atomic E-state index is 12.2. The highest BCUT2D eigenvalue weighted by molar-refractivity contribution is 5.85. The van der Waals surface area contributed by atoms with Crippen molar-refractivity contribution in [1.82, 2.24) is 15.5 Å². The van der Waals surface area contributed by atoms with E-state index in [9.17, 15) is 4.79 Å². The van der Waals surface area contributed by atoms with Gasteiger partial charge in [0.2, 0.25) is 5.91 Å². The van der Waals surface area contributed by atoms with E-state index in [-0.39, 0.29) is 36.8 Å². The van der Waals surface area contributed by atoms with Gasteiger partial charge in [-0.3, -0.25) is 9.69 Å². The van der Waals surface area contributed by atoms with Gasteiger partial charge in [0.15, 0.2) is 0 Å². The number of piperidine rings is 1. The number of hydrogen-bond donors (Lipinski definition) is 2. The van der Waals surface area contributed by atoms with Crippen LogP contribution in [0.5, 0.6) is 0 Å². The standard InChI is InChI=1S/C16H29N3O2.2ClH/c1-12(11-19-4-6-21-7-5-19)17-16(20)10-13-8-14-2-3-15(9-13)18-14;;/h12-15,18H,2-11H2,1H3,(H,17,20);2*1H. The molecule has 0 saturated carbocycles. The second-order valence-corrected chi connectivity index (χ2v) is 7.06. The van der Waals surface area contributed by atoms with Gasteiger partial charge < -0.3 is 15.4 Å². The number of rotatable bonds is 5. The Labute approximate surface area is 152 Å². The van der Waals surface area contributed by atoms with Crippen molar-refractivity contribution < 1.29 is 9.53 Å². The zero-order chi connectivity index (χ0) is 14.7. The van der Waals surface area contributed by atoms with E-state index in [0.29, 0.717) is 24.4 Å². The summed E-state index contributed by atoms with van der Waals surface area (Å²) in [6.07, 6.45) is 5.68. The number of carbonyl (C=O) groups excluding carboxylic acids is 1. The molecule has 0 spiro atoms. The van der Waals surface area contributed by atoms with Crippen LogP contribution in [0.3, 0.4) is 0 Å². The van der Waals surface area contributed by atoms with Gasteiger partial charge in [-0.05, 0) is 38.5 Å². The fourth-order valence-electron chi connectivity index (χ4n) is 4.15. The van der Waals surface area contributed by atoms with Gasteiger partial charge in [-0.2, -0.15) is 0 Å². The zero-order valence-electron chi connectivity index (χ0n) is 14.0. The van der Waals surface area contributed by atoms with Crippen LogP contribution in [-0.2, 0) is 9.53 Å². The van der Waals surface area contributed by atoms with Crippen LogP contribution in [-0.4, -0.2) is 61.8 Å². The number of amides is 1. The molecule has 3 saturated heterocycles. The zero-order valence-corrected chi connectivity index (χ0v) is 15.6. The lowest BCUT2D eigenvalue weighted by Gasteiger charge is -2.31. The molecule has 3 unspecified atom stereocenters. The molecular weight excluding hydrogens is 337 g/mol. The molecule has 3 aliphatic rings. The van der Waals surface area contributed by atoms with E-state index in [1.807, 2.05) is 0 Å². The quantitative estimate of drug-likeness (QED) is 0.774. The Morgan fingerprint density at radius 3 is 2.43 bits per heavy atom. The van der Waals surface area contributed by atoms with Crippen LogP contribution in [0, 0.1) is 5.92 Å². The van der Waals surface area contributed by atoms with Crippen molar-refractivity contribution in [2.45, 2.75) is 57.2 Å². The number of nitrogens with one attached hydrogen (secondary N) is 2. The lowest BCUT2D eigenvalue weighted by Crippen LogP contribution is -2.46. The Balaban J connectivity index is 0.00000132. The number of hydrogen-bond acceptors (Lipinski definition) is 4. The van der Waals surface area contributed by atoms with Gasteiger partial charge in [-0.1, -0.05) is 0 Å². The summed E-state index contributed by atoms with van der Waals surface area (Å²) in [6, 6.07) is 1.58. The topological polar surface area (TPSA) is 53.6 Å². The van der Waals surface area contributed by atoms with Gasteiger partial charge in [-0.25, -0.2) is 0 Å². The van der Waals surface area contributed by atoms with Crippen molar-refractivity contribution in [1.29, 1.82) is 0 Å². The fraction of sp³-hybridized carbons (Fsp3) is 0.938. The lowest BCUT2D eigenvalue weighted by molar-refractivity contribution is -0.123. The van der Waals surface area contributed by atoms with Crippen LogP contribution >= 0.6 is 24.8 Å².